The van der Waals surface area contributed by atoms with Gasteiger partial charge in [0.25, 0.3) is 0 Å². The van der Waals surface area contributed by atoms with Gasteiger partial charge in [0, 0.05) is 24.5 Å². The van der Waals surface area contributed by atoms with Gasteiger partial charge in [-0.3, -0.25) is 4.79 Å². The van der Waals surface area contributed by atoms with E-state index in [0.717, 1.165) is 17.1 Å². The fourth-order valence-electron chi connectivity index (χ4n) is 4.16. The maximum Gasteiger partial charge on any atom is 0.231 e. The summed E-state index contributed by atoms with van der Waals surface area (Å²) in [4.78, 5) is 12.2. The molecule has 144 valence electrons. The number of hydrogen-bond donors (Lipinski definition) is 0. The van der Waals surface area contributed by atoms with Crippen LogP contribution in [0.1, 0.15) is 25.3 Å². The van der Waals surface area contributed by atoms with Gasteiger partial charge in [0.05, 0.1) is 6.61 Å². The second-order valence-corrected chi connectivity index (χ2v) is 7.26. The molecule has 4 rings (SSSR count). The third-order valence-electron chi connectivity index (χ3n) is 5.80. The maximum absolute atomic E-state index is 12.2. The number of hydrogen-bond acceptors (Lipinski definition) is 6. The van der Waals surface area contributed by atoms with Crippen molar-refractivity contribution in [3.63, 3.8) is 0 Å². The molecule has 4 unspecified atom stereocenters. The summed E-state index contributed by atoms with van der Waals surface area (Å²) in [6.45, 7) is 6.61. The lowest BCUT2D eigenvalue weighted by atomic mass is 9.67. The van der Waals surface area contributed by atoms with E-state index in [4.69, 9.17) is 23.7 Å². The average molecular weight is 372 g/mol. The zero-order chi connectivity index (χ0) is 19.0. The van der Waals surface area contributed by atoms with Crippen molar-refractivity contribution in [1.29, 1.82) is 0 Å². The Bertz CT molecular complexity index is 785. The average Bonchev–Trinajstić information content (AvgIpc) is 3.23. The van der Waals surface area contributed by atoms with Crippen LogP contribution in [-0.2, 0) is 25.6 Å². The minimum Gasteiger partial charge on any atom is -0.468 e. The number of carbonyl (C=O) groups is 1. The van der Waals surface area contributed by atoms with Crippen LogP contribution in [0.4, 0.5) is 0 Å². The molecule has 0 radical (unpaired) electrons. The van der Waals surface area contributed by atoms with E-state index < -0.39 is 12.4 Å². The molecule has 1 saturated heterocycles. The van der Waals surface area contributed by atoms with Gasteiger partial charge in [-0.25, -0.2) is 0 Å². The molecule has 4 atom stereocenters. The largest absolute Gasteiger partial charge is 0.468 e. The van der Waals surface area contributed by atoms with Crippen molar-refractivity contribution in [3.8, 4) is 11.5 Å². The highest BCUT2D eigenvalue weighted by atomic mass is 16.7. The van der Waals surface area contributed by atoms with Gasteiger partial charge < -0.3 is 23.7 Å². The lowest BCUT2D eigenvalue weighted by Crippen LogP contribution is -2.40. The number of ketones is 1. The van der Waals surface area contributed by atoms with Gasteiger partial charge in [-0.15, -0.1) is 6.58 Å². The van der Waals surface area contributed by atoms with Crippen LogP contribution in [0.5, 0.6) is 11.5 Å². The van der Waals surface area contributed by atoms with E-state index in [0.29, 0.717) is 25.2 Å². The van der Waals surface area contributed by atoms with Crippen molar-refractivity contribution in [3.05, 3.63) is 48.3 Å². The second-order valence-electron chi connectivity index (χ2n) is 7.26. The van der Waals surface area contributed by atoms with Crippen LogP contribution in [0, 0.1) is 11.3 Å². The third-order valence-corrected chi connectivity index (χ3v) is 5.80. The molecule has 1 aliphatic carbocycles. The first kappa shape index (κ1) is 18.1. The van der Waals surface area contributed by atoms with Crippen molar-refractivity contribution in [2.75, 3.05) is 13.9 Å². The first-order valence-electron chi connectivity index (χ1n) is 9.14. The summed E-state index contributed by atoms with van der Waals surface area (Å²) in [5.74, 6) is 2.15. The van der Waals surface area contributed by atoms with Crippen LogP contribution in [-0.4, -0.2) is 32.1 Å². The molecule has 6 heteroatoms. The summed E-state index contributed by atoms with van der Waals surface area (Å²) < 4.78 is 28.3. The molecule has 1 fully saturated rings. The minimum absolute atomic E-state index is 0.0570. The molecule has 0 spiro atoms. The van der Waals surface area contributed by atoms with Crippen molar-refractivity contribution in [2.45, 2.75) is 38.8 Å². The summed E-state index contributed by atoms with van der Waals surface area (Å²) >= 11 is 0. The van der Waals surface area contributed by atoms with Crippen molar-refractivity contribution < 1.29 is 28.5 Å². The first-order valence-corrected chi connectivity index (χ1v) is 9.14. The third kappa shape index (κ3) is 3.03. The molecular formula is C21H24O6. The lowest BCUT2D eigenvalue weighted by Gasteiger charge is -2.36. The highest BCUT2D eigenvalue weighted by Gasteiger charge is 2.55. The molecule has 2 heterocycles. The predicted molar refractivity (Wildman–Crippen MR) is 97.1 cm³/mol. The molecule has 0 N–H and O–H groups in total. The quantitative estimate of drug-likeness (QED) is 0.714. The number of ether oxygens (including phenoxy) is 5. The fraction of sp³-hybridized carbons (Fsp3) is 0.476. The Balaban J connectivity index is 1.51. The van der Waals surface area contributed by atoms with Gasteiger partial charge in [0.1, 0.15) is 11.9 Å². The second kappa shape index (κ2) is 7.02. The maximum atomic E-state index is 12.2. The molecule has 2 aliphatic heterocycles. The van der Waals surface area contributed by atoms with E-state index in [9.17, 15) is 4.79 Å². The molecular weight excluding hydrogens is 348 g/mol. The first-order chi connectivity index (χ1) is 13.1. The molecule has 0 aromatic heterocycles. The molecule has 3 aliphatic rings. The summed E-state index contributed by atoms with van der Waals surface area (Å²) in [5, 5.41) is 0. The zero-order valence-corrected chi connectivity index (χ0v) is 15.6. The van der Waals surface area contributed by atoms with Crippen LogP contribution in [0.15, 0.2) is 42.7 Å². The van der Waals surface area contributed by atoms with E-state index in [1.807, 2.05) is 24.3 Å². The topological polar surface area (TPSA) is 63.2 Å². The lowest BCUT2D eigenvalue weighted by molar-refractivity contribution is -0.127. The Morgan fingerprint density at radius 3 is 2.93 bits per heavy atom. The van der Waals surface area contributed by atoms with Crippen molar-refractivity contribution >= 4 is 5.78 Å². The normalized spacial score (nSPS) is 31.3. The van der Waals surface area contributed by atoms with Gasteiger partial charge in [0.2, 0.25) is 13.1 Å². The molecule has 27 heavy (non-hydrogen) atoms. The van der Waals surface area contributed by atoms with Gasteiger partial charge in [-0.05, 0) is 30.5 Å². The molecule has 1 aromatic carbocycles. The molecule has 0 saturated carbocycles. The van der Waals surface area contributed by atoms with E-state index in [-0.39, 0.29) is 23.9 Å². The highest BCUT2D eigenvalue weighted by Crippen LogP contribution is 2.54. The Morgan fingerprint density at radius 2 is 2.15 bits per heavy atom. The Kier molecular flexibility index (Phi) is 4.70. The van der Waals surface area contributed by atoms with Crippen molar-refractivity contribution in [1.82, 2.24) is 0 Å². The van der Waals surface area contributed by atoms with Gasteiger partial charge >= 0.3 is 0 Å². The molecule has 6 nitrogen and oxygen atoms in total. The molecule has 0 amide bonds. The number of fused-ring (bicyclic) bond motifs is 2. The van der Waals surface area contributed by atoms with E-state index in [1.54, 1.807) is 13.2 Å². The molecule has 0 bridgehead atoms. The number of carbonyl (C=O) groups excluding carboxylic acids is 1. The van der Waals surface area contributed by atoms with Gasteiger partial charge in [-0.2, -0.15) is 0 Å². The standard InChI is InChI=1S/C21H24O6/c1-4-7-21-10-18(23-3)15(22)9-19(21)27-20(13(21)2)24-11-14-5-6-16-17(8-14)26-12-25-16/h4-6,8-9,13,18,20H,1,7,10-12H2,2-3H3. The highest BCUT2D eigenvalue weighted by molar-refractivity contribution is 5.95. The van der Waals surface area contributed by atoms with Crippen molar-refractivity contribution in [2.24, 2.45) is 11.3 Å². The van der Waals surface area contributed by atoms with Crippen LogP contribution in [0.2, 0.25) is 0 Å². The van der Waals surface area contributed by atoms with Gasteiger partial charge in [0.15, 0.2) is 17.3 Å². The summed E-state index contributed by atoms with van der Waals surface area (Å²) in [7, 11) is 1.57. The van der Waals surface area contributed by atoms with E-state index in [2.05, 4.69) is 13.5 Å². The Hall–Kier alpha value is -2.31. The predicted octanol–water partition coefficient (Wildman–Crippen LogP) is 3.36. The monoisotopic (exact) mass is 372 g/mol. The van der Waals surface area contributed by atoms with Crippen LogP contribution >= 0.6 is 0 Å². The van der Waals surface area contributed by atoms with Crippen LogP contribution in [0.25, 0.3) is 0 Å². The Labute approximate surface area is 158 Å². The van der Waals surface area contributed by atoms with Gasteiger partial charge in [-0.1, -0.05) is 19.1 Å². The number of rotatable bonds is 6. The Morgan fingerprint density at radius 1 is 1.33 bits per heavy atom. The minimum atomic E-state index is -0.452. The SMILES string of the molecule is C=CCC12CC(OC)C(=O)C=C1OC(OCc1ccc3c(c1)OCO3)C2C. The van der Waals surface area contributed by atoms with Crippen LogP contribution < -0.4 is 9.47 Å². The number of allylic oxidation sites excluding steroid dienone is 2. The number of benzene rings is 1. The summed E-state index contributed by atoms with van der Waals surface area (Å²) in [5.41, 5.74) is 0.651. The summed E-state index contributed by atoms with van der Waals surface area (Å²) in [6.07, 6.45) is 3.83. The number of methoxy groups -OCH3 is 1. The fourth-order valence-corrected chi connectivity index (χ4v) is 4.16. The van der Waals surface area contributed by atoms with E-state index in [1.165, 1.54) is 0 Å². The van der Waals surface area contributed by atoms with Crippen LogP contribution in [0.3, 0.4) is 0 Å². The molecule has 1 aromatic rings. The van der Waals surface area contributed by atoms with E-state index >= 15 is 0 Å². The smallest absolute Gasteiger partial charge is 0.231 e. The zero-order valence-electron chi connectivity index (χ0n) is 15.6. The summed E-state index contributed by atoms with van der Waals surface area (Å²) in [6, 6.07) is 5.74.